The third kappa shape index (κ3) is 55.0. The second kappa shape index (κ2) is 58.4. The van der Waals surface area contributed by atoms with Crippen LogP contribution in [0.1, 0.15) is 316 Å². The molecular weight excluding hydrogens is 851 g/mol. The fourth-order valence-corrected chi connectivity index (χ4v) is 9.13. The molecule has 0 aliphatic carbocycles. The van der Waals surface area contributed by atoms with Gasteiger partial charge >= 0.3 is 5.97 Å². The zero-order chi connectivity index (χ0) is 50.0. The molecule has 0 aromatic heterocycles. The maximum atomic E-state index is 12.5. The number of esters is 1. The molecule has 0 aromatic carbocycles. The third-order valence-electron chi connectivity index (χ3n) is 13.8. The minimum absolute atomic E-state index is 0.00447. The second-order valence-electron chi connectivity index (χ2n) is 20.7. The van der Waals surface area contributed by atoms with Crippen LogP contribution in [0.5, 0.6) is 0 Å². The summed E-state index contributed by atoms with van der Waals surface area (Å²) in [6.45, 7) is 4.88. The molecule has 0 radical (unpaired) electrons. The number of allylic oxidation sites excluding steroid dienone is 7. The highest BCUT2D eigenvalue weighted by atomic mass is 16.5. The van der Waals surface area contributed by atoms with E-state index in [9.17, 15) is 19.8 Å². The van der Waals surface area contributed by atoms with Crippen molar-refractivity contribution in [3.63, 3.8) is 0 Å². The molecule has 2 atom stereocenters. The molecule has 0 rings (SSSR count). The van der Waals surface area contributed by atoms with Gasteiger partial charge in [-0.25, -0.2) is 0 Å². The van der Waals surface area contributed by atoms with Gasteiger partial charge in [0.25, 0.3) is 0 Å². The van der Waals surface area contributed by atoms with E-state index in [4.69, 9.17) is 4.74 Å². The number of carbonyl (C=O) groups is 2. The summed E-state index contributed by atoms with van der Waals surface area (Å²) in [5.41, 5.74) is 0. The molecule has 0 aliphatic heterocycles. The van der Waals surface area contributed by atoms with E-state index in [1.54, 1.807) is 6.08 Å². The Morgan fingerprint density at radius 1 is 0.406 bits per heavy atom. The van der Waals surface area contributed by atoms with Gasteiger partial charge in [-0.1, -0.05) is 262 Å². The molecule has 404 valence electrons. The highest BCUT2D eigenvalue weighted by molar-refractivity contribution is 5.76. The molecule has 0 aliphatic rings. The van der Waals surface area contributed by atoms with Crippen LogP contribution in [0.25, 0.3) is 0 Å². The lowest BCUT2D eigenvalue weighted by Crippen LogP contribution is -2.45. The second-order valence-corrected chi connectivity index (χ2v) is 20.7. The standard InChI is InChI=1S/C63H117NO5/c1-3-5-7-9-11-13-15-17-19-20-25-29-33-37-41-45-49-53-57-63(68)69-58-54-50-46-42-38-34-30-26-23-21-22-24-28-32-36-40-44-48-52-56-62(67)64-60(59-65)61(66)55-51-47-43-39-35-31-27-18-16-14-12-10-8-6-4-2/h13,15,19-22,51,55,60-61,65-66H,3-12,14,16-18,23-50,52-54,56-59H2,1-2H3,(H,64,67)/b15-13-,20-19-,22-21-,55-51+. The highest BCUT2D eigenvalue weighted by Crippen LogP contribution is 2.16. The van der Waals surface area contributed by atoms with Crippen LogP contribution in [-0.2, 0) is 14.3 Å². The first kappa shape index (κ1) is 66.8. The van der Waals surface area contributed by atoms with Gasteiger partial charge in [0.05, 0.1) is 25.4 Å². The molecule has 0 fully saturated rings. The van der Waals surface area contributed by atoms with Crippen LogP contribution >= 0.6 is 0 Å². The molecule has 0 saturated carbocycles. The smallest absolute Gasteiger partial charge is 0.305 e. The van der Waals surface area contributed by atoms with Crippen molar-refractivity contribution in [1.29, 1.82) is 0 Å². The molecular formula is C63H117NO5. The van der Waals surface area contributed by atoms with Crippen molar-refractivity contribution in [2.45, 2.75) is 328 Å². The Hall–Kier alpha value is -2.18. The van der Waals surface area contributed by atoms with Gasteiger partial charge < -0.3 is 20.3 Å². The monoisotopic (exact) mass is 968 g/mol. The Balaban J connectivity index is 3.46. The van der Waals surface area contributed by atoms with Crippen molar-refractivity contribution < 1.29 is 24.5 Å². The predicted octanol–water partition coefficient (Wildman–Crippen LogP) is 19.0. The number of nitrogens with one attached hydrogen (secondary N) is 1. The summed E-state index contributed by atoms with van der Waals surface area (Å²) in [5, 5.41) is 23.1. The van der Waals surface area contributed by atoms with Crippen LogP contribution in [0.2, 0.25) is 0 Å². The number of aliphatic hydroxyl groups is 2. The van der Waals surface area contributed by atoms with Crippen LogP contribution in [-0.4, -0.2) is 47.4 Å². The topological polar surface area (TPSA) is 95.9 Å². The van der Waals surface area contributed by atoms with Crippen molar-refractivity contribution in [1.82, 2.24) is 5.32 Å². The molecule has 2 unspecified atom stereocenters. The van der Waals surface area contributed by atoms with Crippen LogP contribution in [0.4, 0.5) is 0 Å². The summed E-state index contributed by atoms with van der Waals surface area (Å²) in [7, 11) is 0. The van der Waals surface area contributed by atoms with Crippen molar-refractivity contribution >= 4 is 11.9 Å². The maximum absolute atomic E-state index is 12.5. The number of rotatable bonds is 56. The lowest BCUT2D eigenvalue weighted by Gasteiger charge is -2.20. The van der Waals surface area contributed by atoms with Crippen LogP contribution in [0.15, 0.2) is 48.6 Å². The number of aliphatic hydroxyl groups excluding tert-OH is 2. The number of hydrogen-bond acceptors (Lipinski definition) is 5. The Kier molecular flexibility index (Phi) is 56.5. The molecule has 69 heavy (non-hydrogen) atoms. The first-order chi connectivity index (χ1) is 34.0. The van der Waals surface area contributed by atoms with Crippen LogP contribution < -0.4 is 5.32 Å². The molecule has 3 N–H and O–H groups in total. The first-order valence-corrected chi connectivity index (χ1v) is 30.4. The van der Waals surface area contributed by atoms with E-state index in [0.717, 1.165) is 64.2 Å². The highest BCUT2D eigenvalue weighted by Gasteiger charge is 2.18. The number of carbonyl (C=O) groups excluding carboxylic acids is 2. The molecule has 6 heteroatoms. The minimum Gasteiger partial charge on any atom is -0.466 e. The zero-order valence-corrected chi connectivity index (χ0v) is 46.0. The average Bonchev–Trinajstić information content (AvgIpc) is 3.35. The van der Waals surface area contributed by atoms with E-state index in [-0.39, 0.29) is 18.5 Å². The van der Waals surface area contributed by atoms with E-state index in [2.05, 4.69) is 55.6 Å². The maximum Gasteiger partial charge on any atom is 0.305 e. The van der Waals surface area contributed by atoms with Gasteiger partial charge in [-0.2, -0.15) is 0 Å². The van der Waals surface area contributed by atoms with E-state index < -0.39 is 12.1 Å². The molecule has 6 nitrogen and oxygen atoms in total. The summed E-state index contributed by atoms with van der Waals surface area (Å²) >= 11 is 0. The number of amides is 1. The Labute approximate surface area is 429 Å². The number of unbranched alkanes of at least 4 members (excludes halogenated alkanes) is 39. The van der Waals surface area contributed by atoms with Crippen molar-refractivity contribution in [3.8, 4) is 0 Å². The third-order valence-corrected chi connectivity index (χ3v) is 13.8. The molecule has 0 spiro atoms. The molecule has 1 amide bonds. The first-order valence-electron chi connectivity index (χ1n) is 30.4. The van der Waals surface area contributed by atoms with Gasteiger partial charge in [0.1, 0.15) is 0 Å². The van der Waals surface area contributed by atoms with Gasteiger partial charge in [0, 0.05) is 12.8 Å². The minimum atomic E-state index is -0.851. The SMILES string of the molecule is CCCCCC/C=C\C/C=C\CCCCCCCCCC(=O)OCCCCCCCCCC/C=C\CCCCCCCCCC(=O)NC(CO)C(O)/C=C/CCCCCCCCCCCCCCC. The summed E-state index contributed by atoms with van der Waals surface area (Å²) in [6.07, 6.45) is 74.2. The quantitative estimate of drug-likeness (QED) is 0.0321. The summed E-state index contributed by atoms with van der Waals surface area (Å²) in [6, 6.07) is -0.636. The van der Waals surface area contributed by atoms with Gasteiger partial charge in [0.15, 0.2) is 0 Å². The van der Waals surface area contributed by atoms with Crippen LogP contribution in [0, 0.1) is 0 Å². The van der Waals surface area contributed by atoms with Gasteiger partial charge in [-0.3, -0.25) is 9.59 Å². The lowest BCUT2D eigenvalue weighted by atomic mass is 10.0. The van der Waals surface area contributed by atoms with Gasteiger partial charge in [-0.05, 0) is 89.9 Å². The molecule has 0 saturated heterocycles. The fraction of sp³-hybridized carbons (Fsp3) is 0.841. The van der Waals surface area contributed by atoms with Gasteiger partial charge in [0.2, 0.25) is 5.91 Å². The number of hydrogen-bond donors (Lipinski definition) is 3. The average molecular weight is 969 g/mol. The van der Waals surface area contributed by atoms with Gasteiger partial charge in [-0.15, -0.1) is 0 Å². The van der Waals surface area contributed by atoms with E-state index in [1.807, 2.05) is 6.08 Å². The Morgan fingerprint density at radius 3 is 1.13 bits per heavy atom. The molecule has 0 heterocycles. The predicted molar refractivity (Wildman–Crippen MR) is 301 cm³/mol. The molecule has 0 aromatic rings. The van der Waals surface area contributed by atoms with Crippen molar-refractivity contribution in [2.24, 2.45) is 0 Å². The Morgan fingerprint density at radius 2 is 0.725 bits per heavy atom. The lowest BCUT2D eigenvalue weighted by molar-refractivity contribution is -0.143. The summed E-state index contributed by atoms with van der Waals surface area (Å²) < 4.78 is 5.48. The van der Waals surface area contributed by atoms with Crippen molar-refractivity contribution in [2.75, 3.05) is 13.2 Å². The van der Waals surface area contributed by atoms with E-state index in [1.165, 1.54) is 225 Å². The van der Waals surface area contributed by atoms with Crippen LogP contribution in [0.3, 0.4) is 0 Å². The zero-order valence-electron chi connectivity index (χ0n) is 46.0. The van der Waals surface area contributed by atoms with Crippen molar-refractivity contribution in [3.05, 3.63) is 48.6 Å². The summed E-state index contributed by atoms with van der Waals surface area (Å²) in [4.78, 5) is 24.5. The summed E-state index contributed by atoms with van der Waals surface area (Å²) in [5.74, 6) is -0.0820. The largest absolute Gasteiger partial charge is 0.466 e. The molecule has 0 bridgehead atoms. The van der Waals surface area contributed by atoms with E-state index >= 15 is 0 Å². The Bertz CT molecular complexity index is 1160. The normalized spacial score (nSPS) is 12.9. The van der Waals surface area contributed by atoms with E-state index in [0.29, 0.717) is 19.4 Å². The number of ether oxygens (including phenoxy) is 1. The fourth-order valence-electron chi connectivity index (χ4n) is 9.13.